The van der Waals surface area contributed by atoms with Crippen LogP contribution in [-0.4, -0.2) is 42.7 Å². The molecule has 2 fully saturated rings. The predicted molar refractivity (Wildman–Crippen MR) is 132 cm³/mol. The number of benzene rings is 2. The first-order valence-electron chi connectivity index (χ1n) is 11.7. The summed E-state index contributed by atoms with van der Waals surface area (Å²) < 4.78 is 28.9. The Morgan fingerprint density at radius 3 is 2.56 bits per heavy atom. The van der Waals surface area contributed by atoms with Gasteiger partial charge in [0, 0.05) is 30.2 Å². The lowest BCUT2D eigenvalue weighted by Crippen LogP contribution is -2.63. The zero-order chi connectivity index (χ0) is 24.2. The fourth-order valence-electron chi connectivity index (χ4n) is 4.96. The van der Waals surface area contributed by atoms with Crippen molar-refractivity contribution in [2.45, 2.75) is 61.4 Å². The van der Waals surface area contributed by atoms with Crippen LogP contribution in [0.4, 0.5) is 5.69 Å². The van der Waals surface area contributed by atoms with Crippen molar-refractivity contribution in [3.8, 4) is 0 Å². The minimum Gasteiger partial charge on any atom is -0.350 e. The van der Waals surface area contributed by atoms with Gasteiger partial charge in [-0.3, -0.25) is 9.59 Å². The van der Waals surface area contributed by atoms with Crippen LogP contribution in [-0.2, 0) is 26.0 Å². The van der Waals surface area contributed by atoms with Crippen LogP contribution in [0.5, 0.6) is 0 Å². The molecule has 0 aromatic heterocycles. The van der Waals surface area contributed by atoms with Gasteiger partial charge in [-0.2, -0.15) is 4.31 Å². The summed E-state index contributed by atoms with van der Waals surface area (Å²) in [5.41, 5.74) is 1.08. The smallest absolute Gasteiger partial charge is 0.243 e. The number of hydrogen-bond acceptors (Lipinski definition) is 4. The molecule has 8 heteroatoms. The minimum absolute atomic E-state index is 0.0625. The van der Waals surface area contributed by atoms with Gasteiger partial charge in [0.05, 0.1) is 4.90 Å². The molecule has 2 aromatic carbocycles. The number of nitrogens with zero attached hydrogens (tertiary/aromatic N) is 1. The summed E-state index contributed by atoms with van der Waals surface area (Å²) in [5, 5.41) is 5.76. The van der Waals surface area contributed by atoms with Crippen molar-refractivity contribution < 1.29 is 18.0 Å². The van der Waals surface area contributed by atoms with Crippen LogP contribution in [0.1, 0.15) is 44.1 Å². The first-order chi connectivity index (χ1) is 16.3. The van der Waals surface area contributed by atoms with E-state index in [1.165, 1.54) is 12.1 Å². The third-order valence-electron chi connectivity index (χ3n) is 6.84. The van der Waals surface area contributed by atoms with E-state index in [1.54, 1.807) is 22.5 Å². The number of rotatable bonds is 8. The molecular formula is C26H31N3O4S. The van der Waals surface area contributed by atoms with E-state index in [0.29, 0.717) is 37.9 Å². The van der Waals surface area contributed by atoms with Crippen molar-refractivity contribution in [3.05, 3.63) is 72.8 Å². The van der Waals surface area contributed by atoms with Crippen LogP contribution < -0.4 is 10.6 Å². The Labute approximate surface area is 201 Å². The van der Waals surface area contributed by atoms with Crippen LogP contribution in [0.2, 0.25) is 0 Å². The monoisotopic (exact) mass is 481 g/mol. The van der Waals surface area contributed by atoms with Crippen LogP contribution >= 0.6 is 0 Å². The second kappa shape index (κ2) is 10.1. The van der Waals surface area contributed by atoms with Gasteiger partial charge in [-0.1, -0.05) is 43.0 Å². The largest absolute Gasteiger partial charge is 0.350 e. The summed E-state index contributed by atoms with van der Waals surface area (Å²) in [6.45, 7) is 3.84. The molecule has 1 atom stereocenters. The quantitative estimate of drug-likeness (QED) is 0.563. The summed E-state index contributed by atoms with van der Waals surface area (Å²) in [5.74, 6) is -0.390. The molecule has 1 unspecified atom stereocenters. The van der Waals surface area contributed by atoms with Gasteiger partial charge in [0.25, 0.3) is 0 Å². The Morgan fingerprint density at radius 1 is 1.12 bits per heavy atom. The Kier molecular flexibility index (Phi) is 7.19. The predicted octanol–water partition coefficient (Wildman–Crippen LogP) is 3.64. The molecule has 0 radical (unpaired) electrons. The number of anilines is 1. The molecule has 1 saturated carbocycles. The second-order valence-corrected chi connectivity index (χ2v) is 11.0. The van der Waals surface area contributed by atoms with Crippen molar-refractivity contribution in [1.29, 1.82) is 0 Å². The average molecular weight is 482 g/mol. The van der Waals surface area contributed by atoms with Crippen molar-refractivity contribution in [2.24, 2.45) is 0 Å². The maximum Gasteiger partial charge on any atom is 0.243 e. The van der Waals surface area contributed by atoms with E-state index in [0.717, 1.165) is 24.8 Å². The SMILES string of the molecule is C=CC(=O)NC1CCN(S(=O)(=O)c2cccc(NC(=O)CCc3ccccc3)c2)C2(CCC2)C1. The van der Waals surface area contributed by atoms with Gasteiger partial charge in [-0.15, -0.1) is 0 Å². The van der Waals surface area contributed by atoms with Gasteiger partial charge in [0.2, 0.25) is 21.8 Å². The van der Waals surface area contributed by atoms with Gasteiger partial charge in [-0.05, 0) is 68.4 Å². The fraction of sp³-hybridized carbons (Fsp3) is 0.385. The Morgan fingerprint density at radius 2 is 1.88 bits per heavy atom. The van der Waals surface area contributed by atoms with E-state index in [1.807, 2.05) is 30.3 Å². The number of sulfonamides is 1. The summed E-state index contributed by atoms with van der Waals surface area (Å²) >= 11 is 0. The summed E-state index contributed by atoms with van der Waals surface area (Å²) in [4.78, 5) is 24.4. The van der Waals surface area contributed by atoms with Crippen molar-refractivity contribution in [3.63, 3.8) is 0 Å². The first kappa shape index (κ1) is 24.2. The lowest BCUT2D eigenvalue weighted by molar-refractivity contribution is -0.118. The molecule has 7 nitrogen and oxygen atoms in total. The van der Waals surface area contributed by atoms with E-state index in [4.69, 9.17) is 0 Å². The van der Waals surface area contributed by atoms with E-state index >= 15 is 0 Å². The highest BCUT2D eigenvalue weighted by atomic mass is 32.2. The van der Waals surface area contributed by atoms with Crippen LogP contribution in [0, 0.1) is 0 Å². The van der Waals surface area contributed by atoms with Crippen LogP contribution in [0.15, 0.2) is 72.1 Å². The van der Waals surface area contributed by atoms with Crippen LogP contribution in [0.25, 0.3) is 0 Å². The molecule has 180 valence electrons. The van der Waals surface area contributed by atoms with Crippen molar-refractivity contribution in [1.82, 2.24) is 9.62 Å². The molecule has 2 N–H and O–H groups in total. The standard InChI is InChI=1S/C26H31N3O4S/c1-2-24(30)28-22-14-17-29(26(19-22)15-7-16-26)34(32,33)23-11-6-10-21(18-23)27-25(31)13-12-20-8-4-3-5-9-20/h2-6,8-11,18,22H,1,7,12-17,19H2,(H,27,31)(H,28,30). The molecule has 2 aliphatic rings. The zero-order valence-corrected chi connectivity index (χ0v) is 20.0. The molecule has 34 heavy (non-hydrogen) atoms. The number of carbonyl (C=O) groups is 2. The number of hydrogen-bond donors (Lipinski definition) is 2. The van der Waals surface area contributed by atoms with Crippen molar-refractivity contribution >= 4 is 27.5 Å². The summed E-state index contributed by atoms with van der Waals surface area (Å²) in [6.07, 6.45) is 5.85. The van der Waals surface area contributed by atoms with Gasteiger partial charge in [0.1, 0.15) is 0 Å². The number of piperidine rings is 1. The molecule has 2 amide bonds. The van der Waals surface area contributed by atoms with E-state index in [2.05, 4.69) is 17.2 Å². The minimum atomic E-state index is -3.75. The maximum atomic E-state index is 13.6. The van der Waals surface area contributed by atoms with Crippen LogP contribution in [0.3, 0.4) is 0 Å². The number of amides is 2. The number of carbonyl (C=O) groups excluding carboxylic acids is 2. The van der Waals surface area contributed by atoms with Gasteiger partial charge in [0.15, 0.2) is 0 Å². The molecule has 4 rings (SSSR count). The normalized spacial score (nSPS) is 19.7. The molecule has 0 bridgehead atoms. The van der Waals surface area contributed by atoms with Gasteiger partial charge >= 0.3 is 0 Å². The summed E-state index contributed by atoms with van der Waals surface area (Å²) in [7, 11) is -3.75. The second-order valence-electron chi connectivity index (χ2n) is 9.12. The van der Waals surface area contributed by atoms with E-state index in [-0.39, 0.29) is 22.8 Å². The molecule has 1 saturated heterocycles. The third-order valence-corrected chi connectivity index (χ3v) is 8.84. The lowest BCUT2D eigenvalue weighted by Gasteiger charge is -2.54. The van der Waals surface area contributed by atoms with Gasteiger partial charge < -0.3 is 10.6 Å². The topological polar surface area (TPSA) is 95.6 Å². The highest BCUT2D eigenvalue weighted by molar-refractivity contribution is 7.89. The molecular weight excluding hydrogens is 450 g/mol. The maximum absolute atomic E-state index is 13.6. The van der Waals surface area contributed by atoms with E-state index in [9.17, 15) is 18.0 Å². The molecule has 1 aliphatic carbocycles. The van der Waals surface area contributed by atoms with Gasteiger partial charge in [-0.25, -0.2) is 8.42 Å². The number of nitrogens with one attached hydrogen (secondary N) is 2. The van der Waals surface area contributed by atoms with E-state index < -0.39 is 15.6 Å². The Bertz CT molecular complexity index is 1160. The highest BCUT2D eigenvalue weighted by Crippen LogP contribution is 2.47. The lowest BCUT2D eigenvalue weighted by atomic mass is 9.70. The summed E-state index contributed by atoms with van der Waals surface area (Å²) in [6, 6.07) is 16.2. The molecule has 1 heterocycles. The molecule has 2 aromatic rings. The first-order valence-corrected chi connectivity index (χ1v) is 13.2. The number of aryl methyl sites for hydroxylation is 1. The Balaban J connectivity index is 1.45. The average Bonchev–Trinajstić information content (AvgIpc) is 2.82. The highest BCUT2D eigenvalue weighted by Gasteiger charge is 2.51. The third kappa shape index (κ3) is 5.23. The Hall–Kier alpha value is -2.97. The molecule has 1 spiro atoms. The zero-order valence-electron chi connectivity index (χ0n) is 19.2. The van der Waals surface area contributed by atoms with Crippen molar-refractivity contribution in [2.75, 3.05) is 11.9 Å². The molecule has 1 aliphatic heterocycles. The fourth-order valence-corrected chi connectivity index (χ4v) is 6.85.